The second kappa shape index (κ2) is 5.47. The summed E-state index contributed by atoms with van der Waals surface area (Å²) >= 11 is 0. The van der Waals surface area contributed by atoms with Gasteiger partial charge < -0.3 is 5.73 Å². The molecule has 1 fully saturated rings. The molecular weight excluding hydrogens is 262 g/mol. The Morgan fingerprint density at radius 2 is 2.05 bits per heavy atom. The van der Waals surface area contributed by atoms with Crippen molar-refractivity contribution in [2.75, 3.05) is 5.73 Å². The molecule has 1 saturated carbocycles. The van der Waals surface area contributed by atoms with Gasteiger partial charge in [0.1, 0.15) is 0 Å². The van der Waals surface area contributed by atoms with Crippen LogP contribution in [0.4, 0.5) is 5.69 Å². The quantitative estimate of drug-likeness (QED) is 0.860. The molecule has 0 radical (unpaired) electrons. The zero-order valence-corrected chi connectivity index (χ0v) is 13.0. The van der Waals surface area contributed by atoms with Crippen molar-refractivity contribution in [1.29, 1.82) is 0 Å². The van der Waals surface area contributed by atoms with Crippen LogP contribution in [0.15, 0.2) is 18.2 Å². The van der Waals surface area contributed by atoms with Crippen molar-refractivity contribution >= 4 is 5.69 Å². The van der Waals surface area contributed by atoms with Crippen molar-refractivity contribution in [2.45, 2.75) is 46.1 Å². The van der Waals surface area contributed by atoms with Gasteiger partial charge in [-0.2, -0.15) is 0 Å². The number of tetrazole rings is 1. The van der Waals surface area contributed by atoms with E-state index >= 15 is 0 Å². The number of nitrogen functional groups attached to an aromatic ring is 1. The molecule has 3 atom stereocenters. The van der Waals surface area contributed by atoms with Gasteiger partial charge in [0, 0.05) is 11.3 Å². The minimum absolute atomic E-state index is 0.375. The summed E-state index contributed by atoms with van der Waals surface area (Å²) in [5, 5.41) is 12.5. The lowest BCUT2D eigenvalue weighted by molar-refractivity contribution is 0.174. The maximum absolute atomic E-state index is 6.03. The van der Waals surface area contributed by atoms with Crippen LogP contribution in [-0.2, 0) is 0 Å². The first-order valence-corrected chi connectivity index (χ1v) is 7.73. The van der Waals surface area contributed by atoms with E-state index in [1.54, 1.807) is 0 Å². The van der Waals surface area contributed by atoms with Gasteiger partial charge in [-0.15, -0.1) is 5.10 Å². The molecule has 5 nitrogen and oxygen atoms in total. The van der Waals surface area contributed by atoms with Crippen molar-refractivity contribution in [1.82, 2.24) is 20.2 Å². The Labute approximate surface area is 125 Å². The average Bonchev–Trinajstić information content (AvgIpc) is 2.94. The lowest BCUT2D eigenvalue weighted by Crippen LogP contribution is -2.28. The fourth-order valence-electron chi connectivity index (χ4n) is 3.39. The SMILES string of the molecule is Cc1c(N)cccc1-c1nnnn1C1CCCC(C)C1C. The molecule has 0 bridgehead atoms. The number of rotatable bonds is 2. The van der Waals surface area contributed by atoms with Gasteiger partial charge in [-0.05, 0) is 47.2 Å². The number of hydrogen-bond donors (Lipinski definition) is 1. The highest BCUT2D eigenvalue weighted by Gasteiger charge is 2.31. The summed E-state index contributed by atoms with van der Waals surface area (Å²) in [4.78, 5) is 0. The normalized spacial score (nSPS) is 26.0. The molecule has 3 rings (SSSR count). The predicted octanol–water partition coefficient (Wildman–Crippen LogP) is 3.23. The molecule has 2 aromatic rings. The summed E-state index contributed by atoms with van der Waals surface area (Å²) in [7, 11) is 0. The largest absolute Gasteiger partial charge is 0.398 e. The molecular formula is C16H23N5. The predicted molar refractivity (Wildman–Crippen MR) is 83.6 cm³/mol. The summed E-state index contributed by atoms with van der Waals surface area (Å²) in [6.45, 7) is 6.66. The molecule has 0 aliphatic heterocycles. The highest BCUT2D eigenvalue weighted by Crippen LogP contribution is 2.39. The molecule has 0 spiro atoms. The number of anilines is 1. The van der Waals surface area contributed by atoms with Crippen LogP contribution >= 0.6 is 0 Å². The number of aromatic nitrogens is 4. The van der Waals surface area contributed by atoms with E-state index < -0.39 is 0 Å². The van der Waals surface area contributed by atoms with Crippen molar-refractivity contribution in [3.8, 4) is 11.4 Å². The van der Waals surface area contributed by atoms with Crippen LogP contribution in [0, 0.1) is 18.8 Å². The van der Waals surface area contributed by atoms with Crippen molar-refractivity contribution in [2.24, 2.45) is 11.8 Å². The van der Waals surface area contributed by atoms with E-state index in [0.29, 0.717) is 17.9 Å². The Kier molecular flexibility index (Phi) is 3.66. The van der Waals surface area contributed by atoms with E-state index in [2.05, 4.69) is 29.4 Å². The van der Waals surface area contributed by atoms with Crippen molar-refractivity contribution in [3.05, 3.63) is 23.8 Å². The molecule has 0 amide bonds. The number of nitrogens with zero attached hydrogens (tertiary/aromatic N) is 4. The highest BCUT2D eigenvalue weighted by atomic mass is 15.6. The molecule has 2 N–H and O–H groups in total. The zero-order chi connectivity index (χ0) is 15.0. The van der Waals surface area contributed by atoms with E-state index in [4.69, 9.17) is 5.73 Å². The van der Waals surface area contributed by atoms with Crippen LogP contribution in [0.25, 0.3) is 11.4 Å². The van der Waals surface area contributed by atoms with Gasteiger partial charge in [-0.25, -0.2) is 4.68 Å². The maximum Gasteiger partial charge on any atom is 0.182 e. The molecule has 1 aromatic heterocycles. The van der Waals surface area contributed by atoms with Crippen molar-refractivity contribution < 1.29 is 0 Å². The van der Waals surface area contributed by atoms with E-state index in [0.717, 1.165) is 29.1 Å². The minimum Gasteiger partial charge on any atom is -0.398 e. The lowest BCUT2D eigenvalue weighted by atomic mass is 9.78. The van der Waals surface area contributed by atoms with Crippen molar-refractivity contribution in [3.63, 3.8) is 0 Å². The third-order valence-corrected chi connectivity index (χ3v) is 5.09. The van der Waals surface area contributed by atoms with Gasteiger partial charge in [-0.3, -0.25) is 0 Å². The Hall–Kier alpha value is -1.91. The lowest BCUT2D eigenvalue weighted by Gasteiger charge is -2.34. The molecule has 21 heavy (non-hydrogen) atoms. The standard InChI is InChI=1S/C16H23N5/c1-10-6-4-9-15(11(10)2)21-16(18-19-20-21)13-7-5-8-14(17)12(13)3/h5,7-8,10-11,15H,4,6,9,17H2,1-3H3. The fraction of sp³-hybridized carbons (Fsp3) is 0.562. The first-order valence-electron chi connectivity index (χ1n) is 7.73. The van der Waals surface area contributed by atoms with Crippen LogP contribution < -0.4 is 5.73 Å². The smallest absolute Gasteiger partial charge is 0.182 e. The van der Waals surface area contributed by atoms with E-state index in [1.165, 1.54) is 12.8 Å². The zero-order valence-electron chi connectivity index (χ0n) is 13.0. The van der Waals surface area contributed by atoms with Gasteiger partial charge in [0.25, 0.3) is 0 Å². The van der Waals surface area contributed by atoms with E-state index in [9.17, 15) is 0 Å². The monoisotopic (exact) mass is 285 g/mol. The van der Waals surface area contributed by atoms with E-state index in [-0.39, 0.29) is 0 Å². The van der Waals surface area contributed by atoms with Crippen LogP contribution in [0.3, 0.4) is 0 Å². The van der Waals surface area contributed by atoms with E-state index in [1.807, 2.05) is 29.8 Å². The highest BCUT2D eigenvalue weighted by molar-refractivity contribution is 5.67. The Balaban J connectivity index is 2.03. The summed E-state index contributed by atoms with van der Waals surface area (Å²) in [6.07, 6.45) is 3.68. The maximum atomic E-state index is 6.03. The Morgan fingerprint density at radius 3 is 2.86 bits per heavy atom. The van der Waals surface area contributed by atoms with Crippen LogP contribution in [-0.4, -0.2) is 20.2 Å². The Bertz CT molecular complexity index is 633. The van der Waals surface area contributed by atoms with Gasteiger partial charge in [0.15, 0.2) is 5.82 Å². The number of hydrogen-bond acceptors (Lipinski definition) is 4. The average molecular weight is 285 g/mol. The van der Waals surface area contributed by atoms with Gasteiger partial charge in [-0.1, -0.05) is 38.8 Å². The summed E-state index contributed by atoms with van der Waals surface area (Å²) < 4.78 is 2.02. The number of nitrogens with two attached hydrogens (primary N) is 1. The molecule has 3 unspecified atom stereocenters. The molecule has 1 aliphatic carbocycles. The second-order valence-electron chi connectivity index (χ2n) is 6.30. The minimum atomic E-state index is 0.375. The fourth-order valence-corrected chi connectivity index (χ4v) is 3.39. The Morgan fingerprint density at radius 1 is 1.24 bits per heavy atom. The third-order valence-electron chi connectivity index (χ3n) is 5.09. The third kappa shape index (κ3) is 2.41. The molecule has 0 saturated heterocycles. The van der Waals surface area contributed by atoms with Gasteiger partial charge in [0.2, 0.25) is 0 Å². The molecule has 1 aliphatic rings. The summed E-state index contributed by atoms with van der Waals surface area (Å²) in [6, 6.07) is 6.30. The molecule has 1 aromatic carbocycles. The van der Waals surface area contributed by atoms with Crippen LogP contribution in [0.1, 0.15) is 44.7 Å². The summed E-state index contributed by atoms with van der Waals surface area (Å²) in [5.41, 5.74) is 8.89. The van der Waals surface area contributed by atoms with Crippen LogP contribution in [0.2, 0.25) is 0 Å². The topological polar surface area (TPSA) is 69.6 Å². The molecule has 1 heterocycles. The first kappa shape index (κ1) is 14.0. The molecule has 112 valence electrons. The first-order chi connectivity index (χ1) is 10.1. The second-order valence-corrected chi connectivity index (χ2v) is 6.30. The molecule has 5 heteroatoms. The van der Waals surface area contributed by atoms with Gasteiger partial charge >= 0.3 is 0 Å². The van der Waals surface area contributed by atoms with Gasteiger partial charge in [0.05, 0.1) is 6.04 Å². The summed E-state index contributed by atoms with van der Waals surface area (Å²) in [5.74, 6) is 2.14. The van der Waals surface area contributed by atoms with Crippen LogP contribution in [0.5, 0.6) is 0 Å². The number of benzene rings is 1.